The summed E-state index contributed by atoms with van der Waals surface area (Å²) in [6, 6.07) is 0. The summed E-state index contributed by atoms with van der Waals surface area (Å²) in [5.74, 6) is -0.776. The third-order valence-corrected chi connectivity index (χ3v) is 3.36. The molecule has 0 rings (SSSR count). The van der Waals surface area contributed by atoms with E-state index in [2.05, 4.69) is 13.8 Å². The molecule has 0 aromatic rings. The fourth-order valence-corrected chi connectivity index (χ4v) is 1.74. The van der Waals surface area contributed by atoms with Crippen LogP contribution >= 0.6 is 7.60 Å². The van der Waals surface area contributed by atoms with Gasteiger partial charge in [-0.2, -0.15) is 0 Å². The quantitative estimate of drug-likeness (QED) is 0.325. The molecule has 0 radical (unpaired) electrons. The Labute approximate surface area is 82.0 Å². The molecule has 0 atom stereocenters. The Morgan fingerprint density at radius 2 is 1.86 bits per heavy atom. The van der Waals surface area contributed by atoms with E-state index in [0.29, 0.717) is 6.26 Å². The normalized spacial score (nSPS) is 12.6. The smallest absolute Gasteiger partial charge is 0.337 e. The minimum atomic E-state index is -3.35. The molecular formula is C7H13O6P. The average Bonchev–Trinajstić information content (AvgIpc) is 2.24. The van der Waals surface area contributed by atoms with E-state index in [9.17, 15) is 9.36 Å². The maximum absolute atomic E-state index is 11.5. The number of esters is 1. The van der Waals surface area contributed by atoms with E-state index >= 15 is 0 Å². The van der Waals surface area contributed by atoms with Gasteiger partial charge in [0.15, 0.2) is 0 Å². The van der Waals surface area contributed by atoms with Crippen molar-refractivity contribution in [2.24, 2.45) is 0 Å². The van der Waals surface area contributed by atoms with Crippen molar-refractivity contribution < 1.29 is 28.3 Å². The van der Waals surface area contributed by atoms with Gasteiger partial charge in [0.2, 0.25) is 0 Å². The SMILES string of the molecule is COC(=O)/C(=C\O)CP(=O)(OC)OC. The first-order chi connectivity index (χ1) is 6.52. The Kier molecular flexibility index (Phi) is 5.45. The molecule has 0 fully saturated rings. The number of carbonyl (C=O) groups excluding carboxylic acids is 1. The van der Waals surface area contributed by atoms with Gasteiger partial charge < -0.3 is 18.9 Å². The Balaban J connectivity index is 4.63. The van der Waals surface area contributed by atoms with Crippen molar-refractivity contribution in [2.45, 2.75) is 0 Å². The van der Waals surface area contributed by atoms with Crippen molar-refractivity contribution in [1.82, 2.24) is 0 Å². The number of methoxy groups -OCH3 is 1. The molecule has 7 heteroatoms. The van der Waals surface area contributed by atoms with Crippen LogP contribution in [0.5, 0.6) is 0 Å². The molecular weight excluding hydrogens is 211 g/mol. The van der Waals surface area contributed by atoms with E-state index < -0.39 is 13.6 Å². The lowest BCUT2D eigenvalue weighted by molar-refractivity contribution is -0.136. The number of aliphatic hydroxyl groups excluding tert-OH is 1. The van der Waals surface area contributed by atoms with Gasteiger partial charge in [-0.25, -0.2) is 4.79 Å². The molecule has 1 N–H and O–H groups in total. The van der Waals surface area contributed by atoms with E-state index in [4.69, 9.17) is 5.11 Å². The van der Waals surface area contributed by atoms with Crippen molar-refractivity contribution >= 4 is 13.6 Å². The first-order valence-corrected chi connectivity index (χ1v) is 5.38. The second-order valence-corrected chi connectivity index (χ2v) is 4.55. The second kappa shape index (κ2) is 5.80. The first kappa shape index (κ1) is 13.2. The third-order valence-electron chi connectivity index (χ3n) is 1.52. The number of hydrogen-bond acceptors (Lipinski definition) is 6. The first-order valence-electron chi connectivity index (χ1n) is 3.65. The molecule has 0 aromatic heterocycles. The van der Waals surface area contributed by atoms with Crippen LogP contribution in [0.25, 0.3) is 0 Å². The monoisotopic (exact) mass is 224 g/mol. The highest BCUT2D eigenvalue weighted by Crippen LogP contribution is 2.47. The number of hydrogen-bond donors (Lipinski definition) is 1. The molecule has 0 aromatic carbocycles. The number of carbonyl (C=O) groups is 1. The van der Waals surface area contributed by atoms with Gasteiger partial charge in [-0.3, -0.25) is 4.57 Å². The molecule has 0 saturated heterocycles. The highest BCUT2D eigenvalue weighted by atomic mass is 31.2. The highest BCUT2D eigenvalue weighted by Gasteiger charge is 2.27. The average molecular weight is 224 g/mol. The van der Waals surface area contributed by atoms with Crippen molar-refractivity contribution in [3.63, 3.8) is 0 Å². The largest absolute Gasteiger partial charge is 0.515 e. The molecule has 82 valence electrons. The minimum absolute atomic E-state index is 0.167. The van der Waals surface area contributed by atoms with Crippen molar-refractivity contribution in [3.8, 4) is 0 Å². The van der Waals surface area contributed by atoms with E-state index in [-0.39, 0.29) is 11.7 Å². The number of ether oxygens (including phenoxy) is 1. The standard InChI is InChI=1S/C7H13O6P/c1-11-7(9)6(4-8)5-14(10,12-2)13-3/h4,8H,5H2,1-3H3/b6-4-. The van der Waals surface area contributed by atoms with E-state index in [1.54, 1.807) is 0 Å². The van der Waals surface area contributed by atoms with Gasteiger partial charge in [0.25, 0.3) is 0 Å². The maximum atomic E-state index is 11.5. The van der Waals surface area contributed by atoms with Gasteiger partial charge in [-0.05, 0) is 0 Å². The highest BCUT2D eigenvalue weighted by molar-refractivity contribution is 7.54. The van der Waals surface area contributed by atoms with Crippen LogP contribution in [0, 0.1) is 0 Å². The van der Waals surface area contributed by atoms with Crippen LogP contribution < -0.4 is 0 Å². The van der Waals surface area contributed by atoms with Crippen LogP contribution in [0.1, 0.15) is 0 Å². The fraction of sp³-hybridized carbons (Fsp3) is 0.571. The van der Waals surface area contributed by atoms with Crippen LogP contribution in [0.3, 0.4) is 0 Å². The van der Waals surface area contributed by atoms with E-state index in [1.165, 1.54) is 14.2 Å². The van der Waals surface area contributed by atoms with Gasteiger partial charge in [0.1, 0.15) is 0 Å². The van der Waals surface area contributed by atoms with Crippen molar-refractivity contribution in [3.05, 3.63) is 11.8 Å². The van der Waals surface area contributed by atoms with E-state index in [1.807, 2.05) is 0 Å². The summed E-state index contributed by atoms with van der Waals surface area (Å²) < 4.78 is 25.0. The summed E-state index contributed by atoms with van der Waals surface area (Å²) in [6.07, 6.45) is 0.194. The summed E-state index contributed by atoms with van der Waals surface area (Å²) in [6.45, 7) is 0. The van der Waals surface area contributed by atoms with Crippen molar-refractivity contribution in [2.75, 3.05) is 27.5 Å². The van der Waals surface area contributed by atoms with Gasteiger partial charge in [0, 0.05) is 14.2 Å². The molecule has 0 spiro atoms. The van der Waals surface area contributed by atoms with E-state index in [0.717, 1.165) is 7.11 Å². The molecule has 0 aliphatic carbocycles. The number of aliphatic hydroxyl groups is 1. The maximum Gasteiger partial charge on any atom is 0.337 e. The van der Waals surface area contributed by atoms with Gasteiger partial charge in [-0.15, -0.1) is 0 Å². The second-order valence-electron chi connectivity index (χ2n) is 2.28. The molecule has 0 aliphatic rings. The summed E-state index contributed by atoms with van der Waals surface area (Å²) in [4.78, 5) is 11.0. The minimum Gasteiger partial charge on any atom is -0.515 e. The lowest BCUT2D eigenvalue weighted by Crippen LogP contribution is -2.10. The van der Waals surface area contributed by atoms with Crippen LogP contribution in [-0.2, 0) is 23.1 Å². The zero-order chi connectivity index (χ0) is 11.2. The molecule has 0 bridgehead atoms. The zero-order valence-corrected chi connectivity index (χ0v) is 9.11. The molecule has 0 saturated carbocycles. The predicted molar refractivity (Wildman–Crippen MR) is 49.2 cm³/mol. The Hall–Kier alpha value is -0.840. The molecule has 6 nitrogen and oxygen atoms in total. The zero-order valence-electron chi connectivity index (χ0n) is 8.22. The summed E-state index contributed by atoms with van der Waals surface area (Å²) >= 11 is 0. The topological polar surface area (TPSA) is 82.1 Å². The van der Waals surface area contributed by atoms with Crippen molar-refractivity contribution in [1.29, 1.82) is 0 Å². The Bertz CT molecular complexity index is 263. The summed E-state index contributed by atoms with van der Waals surface area (Å²) in [5.41, 5.74) is -0.167. The predicted octanol–water partition coefficient (Wildman–Crippen LogP) is 1.09. The Morgan fingerprint density at radius 1 is 1.36 bits per heavy atom. The van der Waals surface area contributed by atoms with Crippen LogP contribution in [0.4, 0.5) is 0 Å². The van der Waals surface area contributed by atoms with Crippen LogP contribution in [0.15, 0.2) is 11.8 Å². The van der Waals surface area contributed by atoms with Gasteiger partial charge in [0.05, 0.1) is 25.1 Å². The molecule has 0 aliphatic heterocycles. The molecule has 0 amide bonds. The Morgan fingerprint density at radius 3 is 2.14 bits per heavy atom. The van der Waals surface area contributed by atoms with Gasteiger partial charge in [-0.1, -0.05) is 0 Å². The lowest BCUT2D eigenvalue weighted by Gasteiger charge is -2.13. The van der Waals surface area contributed by atoms with Gasteiger partial charge >= 0.3 is 13.6 Å². The fourth-order valence-electron chi connectivity index (χ4n) is 0.701. The summed E-state index contributed by atoms with van der Waals surface area (Å²) in [7, 11) is 0.181. The third kappa shape index (κ3) is 3.49. The number of rotatable bonds is 5. The molecule has 0 heterocycles. The van der Waals surface area contributed by atoms with Crippen LogP contribution in [0.2, 0.25) is 0 Å². The molecule has 14 heavy (non-hydrogen) atoms. The lowest BCUT2D eigenvalue weighted by atomic mass is 10.3. The summed E-state index contributed by atoms with van der Waals surface area (Å²) in [5, 5.41) is 8.69. The van der Waals surface area contributed by atoms with Crippen LogP contribution in [-0.4, -0.2) is 38.6 Å². The molecule has 0 unspecified atom stereocenters.